The molecule has 0 bridgehead atoms. The fourth-order valence-corrected chi connectivity index (χ4v) is 2.75. The van der Waals surface area contributed by atoms with Gasteiger partial charge in [-0.15, -0.1) is 0 Å². The minimum absolute atomic E-state index is 0.375. The van der Waals surface area contributed by atoms with Crippen molar-refractivity contribution in [2.75, 3.05) is 14.2 Å². The van der Waals surface area contributed by atoms with E-state index in [1.54, 1.807) is 0 Å². The number of ether oxygens (including phenoxy) is 2. The van der Waals surface area contributed by atoms with Crippen LogP contribution in [0, 0.1) is 0 Å². The monoisotopic (exact) mass is 336 g/mol. The summed E-state index contributed by atoms with van der Waals surface area (Å²) in [6, 6.07) is 8.05. The lowest BCUT2D eigenvalue weighted by Gasteiger charge is -2.33. The number of carbonyl (C=O) groups is 1. The highest BCUT2D eigenvalue weighted by Gasteiger charge is 2.44. The van der Waals surface area contributed by atoms with Crippen molar-refractivity contribution in [3.8, 4) is 0 Å². The van der Waals surface area contributed by atoms with Crippen molar-refractivity contribution in [1.29, 1.82) is 0 Å². The minimum atomic E-state index is -1.06. The molecule has 0 aliphatic heterocycles. The molecule has 106 valence electrons. The van der Waals surface area contributed by atoms with Crippen molar-refractivity contribution in [3.05, 3.63) is 53.6 Å². The molecular weight excluding hydrogens is 320 g/mol. The van der Waals surface area contributed by atoms with Crippen LogP contribution in [0.4, 0.5) is 0 Å². The highest BCUT2D eigenvalue weighted by molar-refractivity contribution is 9.08. The molecule has 0 aromatic heterocycles. The van der Waals surface area contributed by atoms with Crippen molar-refractivity contribution in [1.82, 2.24) is 0 Å². The van der Waals surface area contributed by atoms with Crippen molar-refractivity contribution in [2.24, 2.45) is 0 Å². The molecule has 0 amide bonds. The molecule has 20 heavy (non-hydrogen) atoms. The van der Waals surface area contributed by atoms with Crippen LogP contribution in [0.25, 0.3) is 5.57 Å². The summed E-state index contributed by atoms with van der Waals surface area (Å²) in [5, 5.41) is 0.804. The van der Waals surface area contributed by atoms with Crippen LogP contribution in [0.2, 0.25) is 0 Å². The summed E-state index contributed by atoms with van der Waals surface area (Å²) in [5.74, 6) is -0.375. The summed E-state index contributed by atoms with van der Waals surface area (Å²) >= 11 is 3.42. The summed E-state index contributed by atoms with van der Waals surface area (Å²) in [5.41, 5.74) is 1.92. The van der Waals surface area contributed by atoms with Gasteiger partial charge in [0.1, 0.15) is 0 Å². The molecule has 1 atom stereocenters. The number of allylic oxidation sites excluding steroid dienone is 2. The summed E-state index contributed by atoms with van der Waals surface area (Å²) in [7, 11) is 2.92. The highest BCUT2D eigenvalue weighted by atomic mass is 79.9. The van der Waals surface area contributed by atoms with Gasteiger partial charge in [0.2, 0.25) is 0 Å². The third-order valence-electron chi connectivity index (χ3n) is 3.52. The van der Waals surface area contributed by atoms with Gasteiger partial charge in [0.15, 0.2) is 5.60 Å². The first-order valence-electron chi connectivity index (χ1n) is 6.34. The SMILES string of the molecule is COC(=O)C1(OC)CC=CC=C1c1ccc(CBr)cc1. The fraction of sp³-hybridized carbons (Fsp3) is 0.312. The van der Waals surface area contributed by atoms with Gasteiger partial charge in [0, 0.05) is 24.4 Å². The van der Waals surface area contributed by atoms with Gasteiger partial charge in [-0.3, -0.25) is 0 Å². The standard InChI is InChI=1S/C16H17BrO3/c1-19-15(18)16(20-2)10-4-3-5-14(16)13-8-6-12(11-17)7-9-13/h3-9H,10-11H2,1-2H3. The quantitative estimate of drug-likeness (QED) is 0.623. The number of methoxy groups -OCH3 is 2. The Morgan fingerprint density at radius 2 is 2.00 bits per heavy atom. The zero-order valence-electron chi connectivity index (χ0n) is 11.6. The van der Waals surface area contributed by atoms with Crippen LogP contribution in [0.1, 0.15) is 17.5 Å². The van der Waals surface area contributed by atoms with Gasteiger partial charge < -0.3 is 9.47 Å². The van der Waals surface area contributed by atoms with E-state index >= 15 is 0 Å². The Bertz CT molecular complexity index is 545. The van der Waals surface area contributed by atoms with E-state index in [2.05, 4.69) is 15.9 Å². The average molecular weight is 337 g/mol. The van der Waals surface area contributed by atoms with Crippen LogP contribution >= 0.6 is 15.9 Å². The van der Waals surface area contributed by atoms with E-state index in [0.29, 0.717) is 6.42 Å². The molecule has 1 aromatic rings. The van der Waals surface area contributed by atoms with E-state index in [0.717, 1.165) is 16.5 Å². The van der Waals surface area contributed by atoms with Gasteiger partial charge in [-0.2, -0.15) is 0 Å². The van der Waals surface area contributed by atoms with E-state index in [4.69, 9.17) is 9.47 Å². The largest absolute Gasteiger partial charge is 0.467 e. The van der Waals surface area contributed by atoms with Crippen molar-refractivity contribution in [2.45, 2.75) is 17.4 Å². The van der Waals surface area contributed by atoms with E-state index in [1.807, 2.05) is 42.5 Å². The molecule has 1 aromatic carbocycles. The predicted molar refractivity (Wildman–Crippen MR) is 82.6 cm³/mol. The van der Waals surface area contributed by atoms with Crippen LogP contribution in [0.15, 0.2) is 42.5 Å². The lowest BCUT2D eigenvalue weighted by atomic mass is 9.82. The lowest BCUT2D eigenvalue weighted by molar-refractivity contribution is -0.158. The third kappa shape index (κ3) is 2.58. The zero-order chi connectivity index (χ0) is 14.6. The van der Waals surface area contributed by atoms with Crippen LogP contribution in [-0.2, 0) is 19.6 Å². The second kappa shape index (κ2) is 6.37. The molecule has 0 radical (unpaired) electrons. The number of hydrogen-bond acceptors (Lipinski definition) is 3. The van der Waals surface area contributed by atoms with Crippen molar-refractivity contribution >= 4 is 27.5 Å². The number of alkyl halides is 1. The number of halogens is 1. The second-order valence-corrected chi connectivity index (χ2v) is 5.13. The first-order chi connectivity index (χ1) is 9.67. The second-order valence-electron chi connectivity index (χ2n) is 4.57. The molecule has 0 saturated carbocycles. The molecular formula is C16H17BrO3. The van der Waals surface area contributed by atoms with Gasteiger partial charge >= 0.3 is 5.97 Å². The minimum Gasteiger partial charge on any atom is -0.467 e. The van der Waals surface area contributed by atoms with Crippen LogP contribution in [0.5, 0.6) is 0 Å². The zero-order valence-corrected chi connectivity index (χ0v) is 13.1. The molecule has 0 N–H and O–H groups in total. The summed E-state index contributed by atoms with van der Waals surface area (Å²) in [6.45, 7) is 0. The van der Waals surface area contributed by atoms with E-state index in [1.165, 1.54) is 19.8 Å². The van der Waals surface area contributed by atoms with E-state index in [9.17, 15) is 4.79 Å². The Balaban J connectivity index is 2.46. The number of hydrogen-bond donors (Lipinski definition) is 0. The molecule has 0 heterocycles. The molecule has 1 aliphatic carbocycles. The van der Waals surface area contributed by atoms with Gasteiger partial charge in [0.05, 0.1) is 7.11 Å². The Morgan fingerprint density at radius 1 is 1.30 bits per heavy atom. The van der Waals surface area contributed by atoms with Gasteiger partial charge in [0.25, 0.3) is 0 Å². The Kier molecular flexibility index (Phi) is 4.78. The first kappa shape index (κ1) is 15.0. The molecule has 1 aliphatic rings. The van der Waals surface area contributed by atoms with Gasteiger partial charge in [-0.1, -0.05) is 58.4 Å². The molecule has 0 fully saturated rings. The average Bonchev–Trinajstić information content (AvgIpc) is 2.54. The Labute approximate surface area is 127 Å². The maximum absolute atomic E-state index is 12.2. The Hall–Kier alpha value is -1.39. The fourth-order valence-electron chi connectivity index (χ4n) is 2.38. The van der Waals surface area contributed by atoms with Gasteiger partial charge in [-0.05, 0) is 11.1 Å². The van der Waals surface area contributed by atoms with Crippen molar-refractivity contribution < 1.29 is 14.3 Å². The van der Waals surface area contributed by atoms with Crippen LogP contribution < -0.4 is 0 Å². The van der Waals surface area contributed by atoms with Gasteiger partial charge in [-0.25, -0.2) is 4.79 Å². The van der Waals surface area contributed by atoms with Crippen molar-refractivity contribution in [3.63, 3.8) is 0 Å². The third-order valence-corrected chi connectivity index (χ3v) is 4.17. The molecule has 1 unspecified atom stereocenters. The molecule has 0 saturated heterocycles. The van der Waals surface area contributed by atoms with Crippen LogP contribution in [-0.4, -0.2) is 25.8 Å². The Morgan fingerprint density at radius 3 is 2.55 bits per heavy atom. The molecule has 4 heteroatoms. The van der Waals surface area contributed by atoms with E-state index in [-0.39, 0.29) is 5.97 Å². The number of esters is 1. The topological polar surface area (TPSA) is 35.5 Å². The first-order valence-corrected chi connectivity index (χ1v) is 7.46. The smallest absolute Gasteiger partial charge is 0.343 e. The van der Waals surface area contributed by atoms with Crippen LogP contribution in [0.3, 0.4) is 0 Å². The lowest BCUT2D eigenvalue weighted by Crippen LogP contribution is -2.43. The molecule has 0 spiro atoms. The molecule has 2 rings (SSSR count). The normalized spacial score (nSPS) is 21.4. The number of carbonyl (C=O) groups excluding carboxylic acids is 1. The number of rotatable bonds is 4. The molecule has 3 nitrogen and oxygen atoms in total. The summed E-state index contributed by atoms with van der Waals surface area (Å²) < 4.78 is 10.5. The highest BCUT2D eigenvalue weighted by Crippen LogP contribution is 2.37. The maximum atomic E-state index is 12.2. The maximum Gasteiger partial charge on any atom is 0.343 e. The number of benzene rings is 1. The summed E-state index contributed by atoms with van der Waals surface area (Å²) in [6.07, 6.45) is 6.24. The summed E-state index contributed by atoms with van der Waals surface area (Å²) in [4.78, 5) is 12.2. The predicted octanol–water partition coefficient (Wildman–Crippen LogP) is 3.48. The van der Waals surface area contributed by atoms with E-state index < -0.39 is 5.60 Å².